The Morgan fingerprint density at radius 3 is 2.11 bits per heavy atom. The van der Waals surface area contributed by atoms with Gasteiger partial charge in [-0.1, -0.05) is 0 Å². The molecule has 0 saturated carbocycles. The molecule has 18 heavy (non-hydrogen) atoms. The zero-order valence-corrected chi connectivity index (χ0v) is 8.36. The van der Waals surface area contributed by atoms with E-state index in [9.17, 15) is 31.1 Å². The number of hydrogen-bond donors (Lipinski definition) is 3. The molecule has 0 bridgehead atoms. The van der Waals surface area contributed by atoms with E-state index >= 15 is 0 Å². The van der Waals surface area contributed by atoms with Crippen molar-refractivity contribution in [2.75, 3.05) is 11.1 Å². The van der Waals surface area contributed by atoms with Gasteiger partial charge in [-0.15, -0.1) is 0 Å². The largest absolute Gasteiger partial charge is 0.409 e. The van der Waals surface area contributed by atoms with Gasteiger partial charge in [0.25, 0.3) is 0 Å². The molecule has 11 heteroatoms. The van der Waals surface area contributed by atoms with Crippen molar-refractivity contribution in [3.8, 4) is 0 Å². The lowest BCUT2D eigenvalue weighted by atomic mass is 10.1. The zero-order valence-electron chi connectivity index (χ0n) is 8.36. The topological polar surface area (TPSA) is 83.8 Å². The van der Waals surface area contributed by atoms with Crippen molar-refractivity contribution in [2.24, 2.45) is 5.92 Å². The lowest BCUT2D eigenvalue weighted by Crippen LogP contribution is -2.45. The smallest absolute Gasteiger partial charge is 0.394 e. The van der Waals surface area contributed by atoms with Crippen molar-refractivity contribution >= 4 is 17.4 Å². The highest BCUT2D eigenvalue weighted by molar-refractivity contribution is 5.94. The Bertz CT molecular complexity index is 422. The van der Waals surface area contributed by atoms with E-state index in [1.165, 1.54) is 5.32 Å². The van der Waals surface area contributed by atoms with E-state index in [-0.39, 0.29) is 5.69 Å². The van der Waals surface area contributed by atoms with Crippen molar-refractivity contribution in [3.63, 3.8) is 0 Å². The van der Waals surface area contributed by atoms with Crippen LogP contribution in [0.15, 0.2) is 6.20 Å². The summed E-state index contributed by atoms with van der Waals surface area (Å²) in [5.74, 6) is -6.95. The first-order valence-corrected chi connectivity index (χ1v) is 4.26. The molecular weight excluding hydrogens is 270 g/mol. The molecule has 1 heterocycles. The van der Waals surface area contributed by atoms with Gasteiger partial charge in [0.05, 0.1) is 11.9 Å². The van der Waals surface area contributed by atoms with E-state index in [2.05, 4.69) is 5.10 Å². The van der Waals surface area contributed by atoms with E-state index in [0.29, 0.717) is 0 Å². The van der Waals surface area contributed by atoms with E-state index in [4.69, 9.17) is 5.73 Å². The molecule has 1 aromatic heterocycles. The van der Waals surface area contributed by atoms with Crippen molar-refractivity contribution in [3.05, 3.63) is 6.20 Å². The lowest BCUT2D eigenvalue weighted by Gasteiger charge is -2.21. The minimum absolute atomic E-state index is 0.286. The number of halogens is 6. The van der Waals surface area contributed by atoms with Crippen LogP contribution in [-0.4, -0.2) is 28.5 Å². The molecule has 0 radical (unpaired) electrons. The number of nitrogens with two attached hydrogens (primary N) is 1. The highest BCUT2D eigenvalue weighted by Gasteiger charge is 2.61. The normalized spacial score (nSPS) is 12.8. The molecule has 4 N–H and O–H groups in total. The highest BCUT2D eigenvalue weighted by atomic mass is 19.4. The molecule has 0 spiro atoms. The van der Waals surface area contributed by atoms with Gasteiger partial charge in [0.2, 0.25) is 11.8 Å². The second kappa shape index (κ2) is 4.38. The van der Waals surface area contributed by atoms with Gasteiger partial charge >= 0.3 is 12.4 Å². The van der Waals surface area contributed by atoms with E-state index in [1.54, 1.807) is 0 Å². The molecule has 1 amide bonds. The predicted octanol–water partition coefficient (Wildman–Crippen LogP) is 1.67. The summed E-state index contributed by atoms with van der Waals surface area (Å²) in [5.41, 5.74) is 4.85. The molecule has 1 rings (SSSR count). The summed E-state index contributed by atoms with van der Waals surface area (Å²) in [6.45, 7) is 0. The van der Waals surface area contributed by atoms with Gasteiger partial charge in [-0.3, -0.25) is 9.89 Å². The Kier molecular flexibility index (Phi) is 3.44. The van der Waals surface area contributed by atoms with Crippen LogP contribution in [0, 0.1) is 5.92 Å². The monoisotopic (exact) mass is 276 g/mol. The number of hydrogen-bond acceptors (Lipinski definition) is 3. The number of carbonyl (C=O) groups is 1. The van der Waals surface area contributed by atoms with Crippen molar-refractivity contribution < 1.29 is 31.1 Å². The summed E-state index contributed by atoms with van der Waals surface area (Å²) in [5, 5.41) is 6.57. The Morgan fingerprint density at radius 2 is 1.78 bits per heavy atom. The van der Waals surface area contributed by atoms with Crippen LogP contribution in [0.5, 0.6) is 0 Å². The molecule has 0 aliphatic carbocycles. The maximum Gasteiger partial charge on any atom is 0.409 e. The van der Waals surface area contributed by atoms with Crippen molar-refractivity contribution in [1.82, 2.24) is 10.2 Å². The van der Waals surface area contributed by atoms with Gasteiger partial charge in [-0.2, -0.15) is 31.4 Å². The van der Waals surface area contributed by atoms with E-state index in [1.807, 2.05) is 5.10 Å². The number of nitrogens with one attached hydrogen (secondary N) is 2. The Labute approximate surface area is 95.3 Å². The third kappa shape index (κ3) is 3.05. The van der Waals surface area contributed by atoms with Crippen molar-refractivity contribution in [1.29, 1.82) is 0 Å². The number of anilines is 2. The van der Waals surface area contributed by atoms with Crippen molar-refractivity contribution in [2.45, 2.75) is 12.4 Å². The van der Waals surface area contributed by atoms with E-state index < -0.39 is 30.0 Å². The van der Waals surface area contributed by atoms with Gasteiger partial charge in [-0.05, 0) is 0 Å². The summed E-state index contributed by atoms with van der Waals surface area (Å²) in [4.78, 5) is 11.0. The number of aromatic amines is 1. The number of amides is 1. The van der Waals surface area contributed by atoms with Crippen LogP contribution in [0.1, 0.15) is 0 Å². The van der Waals surface area contributed by atoms with Gasteiger partial charge in [0, 0.05) is 0 Å². The summed E-state index contributed by atoms with van der Waals surface area (Å²) in [6.07, 6.45) is -10.6. The number of carbonyl (C=O) groups excluding carboxylic acids is 1. The molecule has 1 aromatic rings. The van der Waals surface area contributed by atoms with Gasteiger partial charge < -0.3 is 11.1 Å². The molecule has 102 valence electrons. The minimum atomic E-state index is -5.75. The molecule has 0 atom stereocenters. The number of nitrogens with zero attached hydrogens (tertiary/aromatic N) is 1. The maximum atomic E-state index is 12.2. The maximum absolute atomic E-state index is 12.2. The molecule has 0 aliphatic heterocycles. The third-order valence-electron chi connectivity index (χ3n) is 1.83. The second-order valence-corrected chi connectivity index (χ2v) is 3.21. The predicted molar refractivity (Wildman–Crippen MR) is 47.2 cm³/mol. The quantitative estimate of drug-likeness (QED) is 0.718. The fourth-order valence-corrected chi connectivity index (χ4v) is 1.07. The summed E-state index contributed by atoms with van der Waals surface area (Å²) in [7, 11) is 0. The number of aromatic nitrogens is 2. The summed E-state index contributed by atoms with van der Waals surface area (Å²) in [6, 6.07) is 0. The second-order valence-electron chi connectivity index (χ2n) is 3.21. The molecule has 5 nitrogen and oxygen atoms in total. The summed E-state index contributed by atoms with van der Waals surface area (Å²) < 4.78 is 72.9. The van der Waals surface area contributed by atoms with Crippen LogP contribution >= 0.6 is 0 Å². The molecule has 0 aromatic carbocycles. The number of nitrogen functional groups attached to an aromatic ring is 1. The molecule has 0 aliphatic rings. The first-order chi connectivity index (χ1) is 8.03. The standard InChI is InChI=1S/C7H6F6N4O/c8-6(9,10)3(7(11,12)13)5(18)16-4-2(14)1-15-17-4/h1,3H,14H2,(H2,15,16,17,18). The average molecular weight is 276 g/mol. The van der Waals surface area contributed by atoms with Gasteiger partial charge in [0.15, 0.2) is 5.82 Å². The Balaban J connectivity index is 2.95. The van der Waals surface area contributed by atoms with Gasteiger partial charge in [0.1, 0.15) is 0 Å². The van der Waals surface area contributed by atoms with Crippen LogP contribution in [0.2, 0.25) is 0 Å². The number of H-pyrrole nitrogens is 1. The third-order valence-corrected chi connectivity index (χ3v) is 1.83. The first kappa shape index (κ1) is 14.1. The van der Waals surface area contributed by atoms with E-state index in [0.717, 1.165) is 6.20 Å². The molecule has 0 saturated heterocycles. The lowest BCUT2D eigenvalue weighted by molar-refractivity contribution is -0.272. The highest BCUT2D eigenvalue weighted by Crippen LogP contribution is 2.39. The molecular formula is C7H6F6N4O. The molecule has 0 fully saturated rings. The Morgan fingerprint density at radius 1 is 1.28 bits per heavy atom. The SMILES string of the molecule is Nc1cn[nH]c1NC(=O)C(C(F)(F)F)C(F)(F)F. The zero-order chi connectivity index (χ0) is 14.1. The molecule has 0 unspecified atom stereocenters. The fraction of sp³-hybridized carbons (Fsp3) is 0.429. The van der Waals surface area contributed by atoms with Crippen LogP contribution in [0.4, 0.5) is 37.8 Å². The average Bonchev–Trinajstić information content (AvgIpc) is 2.45. The van der Waals surface area contributed by atoms with Crippen LogP contribution in [0.25, 0.3) is 0 Å². The Hall–Kier alpha value is -1.94. The van der Waals surface area contributed by atoms with Gasteiger partial charge in [-0.25, -0.2) is 0 Å². The summed E-state index contributed by atoms with van der Waals surface area (Å²) >= 11 is 0. The van der Waals surface area contributed by atoms with Crippen LogP contribution in [-0.2, 0) is 4.79 Å². The van der Waals surface area contributed by atoms with Crippen LogP contribution < -0.4 is 11.1 Å². The first-order valence-electron chi connectivity index (χ1n) is 4.26. The minimum Gasteiger partial charge on any atom is -0.394 e. The number of rotatable bonds is 2. The van der Waals surface area contributed by atoms with Crippen LogP contribution in [0.3, 0.4) is 0 Å². The number of alkyl halides is 6. The fourth-order valence-electron chi connectivity index (χ4n) is 1.07.